The summed E-state index contributed by atoms with van der Waals surface area (Å²) in [5.74, 6) is -1.05. The molecule has 0 aliphatic rings. The Morgan fingerprint density at radius 1 is 1.02 bits per heavy atom. The molecule has 0 bridgehead atoms. The Labute approximate surface area is 244 Å². The summed E-state index contributed by atoms with van der Waals surface area (Å²) in [5, 5.41) is 34.8. The van der Waals surface area contributed by atoms with Crippen LogP contribution in [0.4, 0.5) is 4.39 Å². The third kappa shape index (κ3) is 6.58. The van der Waals surface area contributed by atoms with Gasteiger partial charge in [0.25, 0.3) is 5.91 Å². The number of aromatic nitrogens is 4. The van der Waals surface area contributed by atoms with E-state index < -0.39 is 24.4 Å². The van der Waals surface area contributed by atoms with Gasteiger partial charge in [-0.15, -0.1) is 0 Å². The predicted molar refractivity (Wildman–Crippen MR) is 153 cm³/mol. The van der Waals surface area contributed by atoms with E-state index in [1.54, 1.807) is 30.6 Å². The number of aromatic amines is 2. The van der Waals surface area contributed by atoms with Crippen molar-refractivity contribution in [3.8, 4) is 22.4 Å². The fraction of sp³-hybridized carbons (Fsp3) is 0.138. The van der Waals surface area contributed by atoms with Gasteiger partial charge in [-0.1, -0.05) is 41.4 Å². The molecule has 1 amide bonds. The number of aliphatic hydroxyl groups excluding tert-OH is 1. The minimum Gasteiger partial charge on any atom is -0.619 e. The van der Waals surface area contributed by atoms with Crippen LogP contribution in [0.3, 0.4) is 0 Å². The minimum atomic E-state index is -0.777. The van der Waals surface area contributed by atoms with Crippen LogP contribution in [0.5, 0.6) is 0 Å². The van der Waals surface area contributed by atoms with Crippen molar-refractivity contribution in [2.45, 2.75) is 19.1 Å². The first-order chi connectivity index (χ1) is 19.8. The van der Waals surface area contributed by atoms with Crippen LogP contribution < -0.4 is 15.4 Å². The van der Waals surface area contributed by atoms with Gasteiger partial charge < -0.3 is 25.9 Å². The molecule has 210 valence electrons. The van der Waals surface area contributed by atoms with E-state index in [2.05, 4.69) is 25.8 Å². The maximum atomic E-state index is 13.5. The molecule has 0 unspecified atom stereocenters. The Morgan fingerprint density at radius 2 is 1.83 bits per heavy atom. The molecule has 5 rings (SSSR count). The monoisotopic (exact) mass is 594 g/mol. The lowest BCUT2D eigenvalue weighted by Gasteiger charge is -2.16. The molecule has 0 spiro atoms. The van der Waals surface area contributed by atoms with Gasteiger partial charge in [0, 0.05) is 53.8 Å². The molecule has 0 saturated heterocycles. The summed E-state index contributed by atoms with van der Waals surface area (Å²) in [6, 6.07) is 14.1. The van der Waals surface area contributed by atoms with E-state index in [0.717, 1.165) is 27.0 Å². The van der Waals surface area contributed by atoms with Crippen LogP contribution in [0.1, 0.15) is 33.2 Å². The van der Waals surface area contributed by atoms with Crippen LogP contribution in [-0.4, -0.2) is 32.8 Å². The fourth-order valence-electron chi connectivity index (χ4n) is 4.35. The van der Waals surface area contributed by atoms with Crippen LogP contribution in [-0.2, 0) is 13.1 Å². The zero-order valence-corrected chi connectivity index (χ0v) is 23.0. The Hall–Kier alpha value is -4.22. The summed E-state index contributed by atoms with van der Waals surface area (Å²) >= 11 is 12.5. The number of benzene rings is 2. The predicted octanol–water partition coefficient (Wildman–Crippen LogP) is 4.90. The third-order valence-electron chi connectivity index (χ3n) is 6.56. The number of rotatable bonds is 10. The molecule has 12 heteroatoms. The lowest BCUT2D eigenvalue weighted by molar-refractivity contribution is -0.605. The molecule has 9 nitrogen and oxygen atoms in total. The maximum absolute atomic E-state index is 13.5. The number of pyridine rings is 1. The number of aliphatic hydroxyl groups is 1. The van der Waals surface area contributed by atoms with E-state index in [1.165, 1.54) is 30.6 Å². The quantitative estimate of drug-likeness (QED) is 0.116. The van der Waals surface area contributed by atoms with Crippen LogP contribution in [0.25, 0.3) is 22.4 Å². The average Bonchev–Trinajstić information content (AvgIpc) is 3.65. The fourth-order valence-corrected chi connectivity index (χ4v) is 4.79. The van der Waals surface area contributed by atoms with Crippen molar-refractivity contribution in [3.05, 3.63) is 123 Å². The van der Waals surface area contributed by atoms with Crippen molar-refractivity contribution < 1.29 is 19.0 Å². The first kappa shape index (κ1) is 28.3. The van der Waals surface area contributed by atoms with Gasteiger partial charge in [-0.3, -0.25) is 9.89 Å². The highest BCUT2D eigenvalue weighted by molar-refractivity contribution is 6.31. The largest absolute Gasteiger partial charge is 0.619 e. The van der Waals surface area contributed by atoms with E-state index in [1.807, 2.05) is 18.2 Å². The van der Waals surface area contributed by atoms with Gasteiger partial charge in [0.05, 0.1) is 17.7 Å². The number of hydrogen-bond acceptors (Lipinski definition) is 5. The summed E-state index contributed by atoms with van der Waals surface area (Å²) in [6.45, 7) is 0.731. The zero-order chi connectivity index (χ0) is 28.9. The van der Waals surface area contributed by atoms with E-state index in [9.17, 15) is 19.5 Å². The molecule has 41 heavy (non-hydrogen) atoms. The second kappa shape index (κ2) is 12.5. The summed E-state index contributed by atoms with van der Waals surface area (Å²) in [5.41, 5.74) is 5.54. The van der Waals surface area contributed by atoms with Gasteiger partial charge in [0.2, 0.25) is 0 Å². The highest BCUT2D eigenvalue weighted by atomic mass is 35.5. The molecule has 2 aromatic carbocycles. The van der Waals surface area contributed by atoms with E-state index in [4.69, 9.17) is 23.2 Å². The molecule has 1 atom stereocenters. The zero-order valence-electron chi connectivity index (χ0n) is 21.5. The van der Waals surface area contributed by atoms with Crippen molar-refractivity contribution in [1.82, 2.24) is 25.8 Å². The molecule has 5 aromatic rings. The first-order valence-corrected chi connectivity index (χ1v) is 13.3. The van der Waals surface area contributed by atoms with Crippen molar-refractivity contribution in [3.63, 3.8) is 0 Å². The molecule has 3 aromatic heterocycles. The molecule has 0 aliphatic heterocycles. The van der Waals surface area contributed by atoms with Gasteiger partial charge >= 0.3 is 0 Å². The number of H-pyrrole nitrogens is 2. The summed E-state index contributed by atoms with van der Waals surface area (Å²) in [7, 11) is 0. The highest BCUT2D eigenvalue weighted by Crippen LogP contribution is 2.33. The molecule has 0 fully saturated rings. The summed E-state index contributed by atoms with van der Waals surface area (Å²) in [6.07, 6.45) is 6.33. The molecule has 3 heterocycles. The molecule has 0 aliphatic carbocycles. The second-order valence-corrected chi connectivity index (χ2v) is 10.1. The smallest absolute Gasteiger partial charge is 0.268 e. The number of hydrogen-bond donors (Lipinski definition) is 5. The number of halogens is 3. The molecule has 0 saturated carbocycles. The highest BCUT2D eigenvalue weighted by Gasteiger charge is 2.20. The van der Waals surface area contributed by atoms with E-state index >= 15 is 0 Å². The number of amides is 1. The van der Waals surface area contributed by atoms with Crippen molar-refractivity contribution in [1.29, 1.82) is 0 Å². The Balaban J connectivity index is 1.27. The Bertz CT molecular complexity index is 1670. The van der Waals surface area contributed by atoms with Crippen LogP contribution in [0, 0.1) is 11.0 Å². The van der Waals surface area contributed by atoms with Crippen LogP contribution >= 0.6 is 23.2 Å². The lowest BCUT2D eigenvalue weighted by atomic mass is 10.0. The van der Waals surface area contributed by atoms with Crippen molar-refractivity contribution in [2.24, 2.45) is 0 Å². The van der Waals surface area contributed by atoms with Crippen molar-refractivity contribution in [2.75, 3.05) is 6.61 Å². The number of nitrogens with zero attached hydrogens (tertiary/aromatic N) is 2. The van der Waals surface area contributed by atoms with E-state index in [0.29, 0.717) is 34.9 Å². The molecule has 0 radical (unpaired) electrons. The standard InChI is InChI=1S/C29H25Cl2FN6O3/c30-23-9-18(1-2-20(23)13-33-12-17-5-7-38(41)8-6-17)22-15-35-37-28(22)21-11-26(34-14-21)29(40)36-27(16-39)19-3-4-25(32)24(31)10-19/h1-11,14-15,27,33-34,39H,12-13,16H2,(H,35,37)(H,36,40)/t27-/m1/s1. The summed E-state index contributed by atoms with van der Waals surface area (Å²) in [4.78, 5) is 15.9. The van der Waals surface area contributed by atoms with E-state index in [-0.39, 0.29) is 10.7 Å². The van der Waals surface area contributed by atoms with Crippen LogP contribution in [0.2, 0.25) is 10.0 Å². The lowest BCUT2D eigenvalue weighted by Crippen LogP contribution is -2.31. The first-order valence-electron chi connectivity index (χ1n) is 12.6. The third-order valence-corrected chi connectivity index (χ3v) is 7.20. The Morgan fingerprint density at radius 3 is 2.56 bits per heavy atom. The van der Waals surface area contributed by atoms with Gasteiger partial charge in [0.1, 0.15) is 17.2 Å². The van der Waals surface area contributed by atoms with Gasteiger partial charge in [-0.25, -0.2) is 4.39 Å². The molecular formula is C29H25Cl2FN6O3. The van der Waals surface area contributed by atoms with Crippen LogP contribution in [0.15, 0.2) is 79.4 Å². The topological polar surface area (TPSA) is 133 Å². The number of carbonyl (C=O) groups is 1. The number of carbonyl (C=O) groups excluding carboxylic acids is 1. The Kier molecular flexibility index (Phi) is 8.65. The average molecular weight is 595 g/mol. The second-order valence-electron chi connectivity index (χ2n) is 9.31. The SMILES string of the molecule is O=C(N[C@H](CO)c1ccc(F)c(Cl)c1)c1cc(-c2n[nH]cc2-c2ccc(CNCc3cc[n+]([O-])cc3)c(Cl)c2)c[nH]1. The minimum absolute atomic E-state index is 0.0980. The molecular weight excluding hydrogens is 570 g/mol. The maximum Gasteiger partial charge on any atom is 0.268 e. The number of nitrogens with one attached hydrogen (secondary N) is 4. The van der Waals surface area contributed by atoms with Gasteiger partial charge in [-0.05, 0) is 46.5 Å². The summed E-state index contributed by atoms with van der Waals surface area (Å²) < 4.78 is 14.3. The van der Waals surface area contributed by atoms with Crippen molar-refractivity contribution >= 4 is 29.1 Å². The normalized spacial score (nSPS) is 11.9. The van der Waals surface area contributed by atoms with Gasteiger partial charge in [-0.2, -0.15) is 9.83 Å². The molecule has 5 N–H and O–H groups in total. The van der Waals surface area contributed by atoms with Gasteiger partial charge in [0.15, 0.2) is 12.4 Å².